The van der Waals surface area contributed by atoms with E-state index in [-0.39, 0.29) is 10.9 Å². The molecule has 10 heteroatoms. The molecule has 0 fully saturated rings. The average Bonchev–Trinajstić information content (AvgIpc) is 3.00. The Morgan fingerprint density at radius 2 is 1.78 bits per heavy atom. The molecule has 3 aromatic rings. The molecule has 0 bridgehead atoms. The number of phenolic OH excluding ortho intramolecular Hbond substituents is 1. The van der Waals surface area contributed by atoms with E-state index in [1.54, 1.807) is 18.2 Å². The zero-order valence-corrected chi connectivity index (χ0v) is 14.9. The summed E-state index contributed by atoms with van der Waals surface area (Å²) in [6, 6.07) is 11.1. The van der Waals surface area contributed by atoms with E-state index in [0.717, 1.165) is 6.07 Å². The van der Waals surface area contributed by atoms with Gasteiger partial charge in [-0.15, -0.1) is 0 Å². The SMILES string of the molecule is O=S(=O)(Nc1cccc(-c2ccc(Cl)o2)c1)c1ccc(O)c(C(F)(F)F)c1. The largest absolute Gasteiger partial charge is 0.507 e. The average molecular weight is 418 g/mol. The van der Waals surface area contributed by atoms with Crippen LogP contribution in [0.15, 0.2) is 63.9 Å². The molecule has 0 aliphatic heterocycles. The molecule has 0 aliphatic rings. The summed E-state index contributed by atoms with van der Waals surface area (Å²) < 4.78 is 71.0. The van der Waals surface area contributed by atoms with E-state index in [4.69, 9.17) is 16.0 Å². The first-order valence-electron chi connectivity index (χ1n) is 7.35. The second-order valence-corrected chi connectivity index (χ2v) is 7.52. The van der Waals surface area contributed by atoms with Crippen molar-refractivity contribution in [3.05, 3.63) is 65.4 Å². The summed E-state index contributed by atoms with van der Waals surface area (Å²) in [5.74, 6) is -0.664. The van der Waals surface area contributed by atoms with Crippen LogP contribution in [0.25, 0.3) is 11.3 Å². The Bertz CT molecular complexity index is 1090. The van der Waals surface area contributed by atoms with Crippen molar-refractivity contribution in [3.8, 4) is 17.1 Å². The molecule has 27 heavy (non-hydrogen) atoms. The third-order valence-corrected chi connectivity index (χ3v) is 5.14. The standard InChI is InChI=1S/C17H11ClF3NO4S/c18-16-7-6-15(26-16)10-2-1-3-11(8-10)22-27(24,25)12-4-5-14(23)13(9-12)17(19,20)21/h1-9,22-23H. The molecule has 1 heterocycles. The van der Waals surface area contributed by atoms with Crippen LogP contribution in [0.2, 0.25) is 5.22 Å². The number of anilines is 1. The molecule has 0 radical (unpaired) electrons. The highest BCUT2D eigenvalue weighted by atomic mass is 35.5. The zero-order chi connectivity index (χ0) is 19.8. The monoisotopic (exact) mass is 417 g/mol. The predicted molar refractivity (Wildman–Crippen MR) is 93.1 cm³/mol. The molecule has 1 aromatic heterocycles. The van der Waals surface area contributed by atoms with E-state index in [1.807, 2.05) is 0 Å². The summed E-state index contributed by atoms with van der Waals surface area (Å²) in [5.41, 5.74) is -0.810. The number of halogens is 4. The minimum atomic E-state index is -4.89. The summed E-state index contributed by atoms with van der Waals surface area (Å²) in [4.78, 5) is -0.640. The number of nitrogens with one attached hydrogen (secondary N) is 1. The number of sulfonamides is 1. The van der Waals surface area contributed by atoms with Gasteiger partial charge in [0, 0.05) is 11.3 Å². The van der Waals surface area contributed by atoms with Crippen molar-refractivity contribution in [1.29, 1.82) is 0 Å². The van der Waals surface area contributed by atoms with Gasteiger partial charge in [0.1, 0.15) is 11.5 Å². The number of aromatic hydroxyl groups is 1. The Kier molecular flexibility index (Phi) is 4.83. The van der Waals surface area contributed by atoms with Gasteiger partial charge in [-0.05, 0) is 54.1 Å². The van der Waals surface area contributed by atoms with Gasteiger partial charge in [-0.2, -0.15) is 13.2 Å². The highest BCUT2D eigenvalue weighted by Gasteiger charge is 2.35. The van der Waals surface area contributed by atoms with Crippen molar-refractivity contribution in [3.63, 3.8) is 0 Å². The van der Waals surface area contributed by atoms with Crippen molar-refractivity contribution in [2.45, 2.75) is 11.1 Å². The van der Waals surface area contributed by atoms with Gasteiger partial charge in [0.15, 0.2) is 5.22 Å². The maximum Gasteiger partial charge on any atom is 0.419 e. The molecule has 0 amide bonds. The summed E-state index contributed by atoms with van der Waals surface area (Å²) in [7, 11) is -4.32. The molecule has 3 rings (SSSR count). The normalized spacial score (nSPS) is 12.1. The Morgan fingerprint density at radius 3 is 2.41 bits per heavy atom. The highest BCUT2D eigenvalue weighted by Crippen LogP contribution is 2.37. The highest BCUT2D eigenvalue weighted by molar-refractivity contribution is 7.92. The van der Waals surface area contributed by atoms with Crippen molar-refractivity contribution in [1.82, 2.24) is 0 Å². The van der Waals surface area contributed by atoms with Gasteiger partial charge in [-0.1, -0.05) is 12.1 Å². The Morgan fingerprint density at radius 1 is 1.04 bits per heavy atom. The Hall–Kier alpha value is -2.65. The van der Waals surface area contributed by atoms with Crippen LogP contribution in [-0.4, -0.2) is 13.5 Å². The van der Waals surface area contributed by atoms with E-state index in [0.29, 0.717) is 23.5 Å². The minimum absolute atomic E-state index is 0.113. The van der Waals surface area contributed by atoms with Crippen molar-refractivity contribution in [2.75, 3.05) is 4.72 Å². The molecule has 0 aliphatic carbocycles. The van der Waals surface area contributed by atoms with Gasteiger partial charge in [-0.3, -0.25) is 4.72 Å². The molecule has 142 valence electrons. The van der Waals surface area contributed by atoms with Crippen LogP contribution in [0, 0.1) is 0 Å². The van der Waals surface area contributed by atoms with Crippen LogP contribution >= 0.6 is 11.6 Å². The van der Waals surface area contributed by atoms with Gasteiger partial charge in [0.05, 0.1) is 10.5 Å². The fourth-order valence-corrected chi connectivity index (χ4v) is 3.55. The second kappa shape index (κ2) is 6.82. The molecule has 5 nitrogen and oxygen atoms in total. The molecule has 0 atom stereocenters. The zero-order valence-electron chi connectivity index (χ0n) is 13.3. The molecule has 2 N–H and O–H groups in total. The third-order valence-electron chi connectivity index (χ3n) is 3.56. The molecular formula is C17H11ClF3NO4S. The number of furan rings is 1. The van der Waals surface area contributed by atoms with Crippen LogP contribution in [-0.2, 0) is 16.2 Å². The lowest BCUT2D eigenvalue weighted by Crippen LogP contribution is -2.14. The number of rotatable bonds is 4. The predicted octanol–water partition coefficient (Wildman–Crippen LogP) is 5.13. The molecule has 0 saturated carbocycles. The number of hydrogen-bond acceptors (Lipinski definition) is 4. The van der Waals surface area contributed by atoms with Gasteiger partial charge in [0.25, 0.3) is 10.0 Å². The molecule has 0 unspecified atom stereocenters. The first-order valence-corrected chi connectivity index (χ1v) is 9.21. The van der Waals surface area contributed by atoms with Crippen LogP contribution in [0.1, 0.15) is 5.56 Å². The number of hydrogen-bond donors (Lipinski definition) is 2. The van der Waals surface area contributed by atoms with Crippen molar-refractivity contribution >= 4 is 27.3 Å². The van der Waals surface area contributed by atoms with E-state index in [1.165, 1.54) is 18.2 Å². The minimum Gasteiger partial charge on any atom is -0.507 e. The van der Waals surface area contributed by atoms with E-state index < -0.39 is 32.4 Å². The number of alkyl halides is 3. The summed E-state index contributed by atoms with van der Waals surface area (Å²) >= 11 is 5.71. The molecule has 0 spiro atoms. The van der Waals surface area contributed by atoms with Crippen LogP contribution in [0.3, 0.4) is 0 Å². The van der Waals surface area contributed by atoms with Gasteiger partial charge >= 0.3 is 6.18 Å². The fraction of sp³-hybridized carbons (Fsp3) is 0.0588. The fourth-order valence-electron chi connectivity index (χ4n) is 2.33. The van der Waals surface area contributed by atoms with Gasteiger partial charge in [-0.25, -0.2) is 8.42 Å². The van der Waals surface area contributed by atoms with E-state index in [9.17, 15) is 26.7 Å². The maximum absolute atomic E-state index is 12.9. The summed E-state index contributed by atoms with van der Waals surface area (Å²) in [5, 5.41) is 9.49. The molecule has 2 aromatic carbocycles. The number of phenols is 1. The lowest BCUT2D eigenvalue weighted by molar-refractivity contribution is -0.138. The smallest absolute Gasteiger partial charge is 0.419 e. The lowest BCUT2D eigenvalue weighted by atomic mass is 10.1. The van der Waals surface area contributed by atoms with Crippen molar-refractivity contribution < 1.29 is 31.1 Å². The van der Waals surface area contributed by atoms with Crippen molar-refractivity contribution in [2.24, 2.45) is 0 Å². The molecule has 0 saturated heterocycles. The Labute approximate surface area is 157 Å². The summed E-state index contributed by atoms with van der Waals surface area (Å²) in [6.45, 7) is 0. The second-order valence-electron chi connectivity index (χ2n) is 5.47. The Balaban J connectivity index is 1.94. The van der Waals surface area contributed by atoms with Gasteiger partial charge in [0.2, 0.25) is 0 Å². The van der Waals surface area contributed by atoms with Crippen LogP contribution in [0.4, 0.5) is 18.9 Å². The first kappa shape index (κ1) is 19.1. The number of benzene rings is 2. The van der Waals surface area contributed by atoms with Crippen LogP contribution < -0.4 is 4.72 Å². The summed E-state index contributed by atoms with van der Waals surface area (Å²) in [6.07, 6.45) is -4.89. The maximum atomic E-state index is 12.9. The first-order chi connectivity index (χ1) is 12.6. The van der Waals surface area contributed by atoms with Gasteiger partial charge < -0.3 is 9.52 Å². The molecular weight excluding hydrogens is 407 g/mol. The lowest BCUT2D eigenvalue weighted by Gasteiger charge is -2.13. The van der Waals surface area contributed by atoms with Crippen LogP contribution in [0.5, 0.6) is 5.75 Å². The quantitative estimate of drug-likeness (QED) is 0.617. The third kappa shape index (κ3) is 4.20. The van der Waals surface area contributed by atoms with E-state index in [2.05, 4.69) is 4.72 Å². The topological polar surface area (TPSA) is 79.5 Å². The van der Waals surface area contributed by atoms with E-state index >= 15 is 0 Å².